The van der Waals surface area contributed by atoms with Crippen LogP contribution in [0.2, 0.25) is 0 Å². The number of carboxylic acid groups (broad SMARTS) is 1. The third-order valence-electron chi connectivity index (χ3n) is 4.37. The molecule has 2 aliphatic rings. The molecule has 1 aromatic rings. The lowest BCUT2D eigenvalue weighted by Crippen LogP contribution is -2.35. The van der Waals surface area contributed by atoms with Gasteiger partial charge in [-0.3, -0.25) is 4.90 Å². The Hall–Kier alpha value is -1.07. The van der Waals surface area contributed by atoms with Crippen LogP contribution in [0.5, 0.6) is 0 Å². The molecule has 20 heavy (non-hydrogen) atoms. The van der Waals surface area contributed by atoms with Crippen molar-refractivity contribution in [1.29, 1.82) is 0 Å². The summed E-state index contributed by atoms with van der Waals surface area (Å²) in [6.07, 6.45) is 3.86. The van der Waals surface area contributed by atoms with Crippen molar-refractivity contribution in [3.05, 3.63) is 28.2 Å². The van der Waals surface area contributed by atoms with E-state index in [1.54, 1.807) is 6.07 Å². The minimum atomic E-state index is -0.889. The molecule has 0 radical (unpaired) electrons. The number of carbonyl (C=O) groups is 1. The molecule has 5 heteroatoms. The number of likely N-dealkylation sites (tertiary alicyclic amines) is 1. The second-order valence-electron chi connectivity index (χ2n) is 5.60. The van der Waals surface area contributed by atoms with Gasteiger partial charge in [0.05, 0.1) is 5.56 Å². The van der Waals surface area contributed by atoms with Gasteiger partial charge in [-0.15, -0.1) is 0 Å². The summed E-state index contributed by atoms with van der Waals surface area (Å²) in [4.78, 5) is 16.0. The first-order chi connectivity index (χ1) is 9.65. The molecule has 4 nitrogen and oxygen atoms in total. The summed E-state index contributed by atoms with van der Waals surface area (Å²) in [5, 5.41) is 9.06. The zero-order valence-corrected chi connectivity index (χ0v) is 13.0. The van der Waals surface area contributed by atoms with Gasteiger partial charge < -0.3 is 10.0 Å². The second-order valence-corrected chi connectivity index (χ2v) is 6.46. The molecule has 2 saturated heterocycles. The predicted octanol–water partition coefficient (Wildman–Crippen LogP) is 2.82. The van der Waals surface area contributed by atoms with Gasteiger partial charge in [0.1, 0.15) is 0 Å². The Morgan fingerprint density at radius 2 is 2.00 bits per heavy atom. The van der Waals surface area contributed by atoms with Gasteiger partial charge in [-0.1, -0.05) is 0 Å². The van der Waals surface area contributed by atoms with E-state index in [0.717, 1.165) is 18.8 Å². The van der Waals surface area contributed by atoms with Crippen molar-refractivity contribution in [1.82, 2.24) is 4.90 Å². The largest absolute Gasteiger partial charge is 0.478 e. The van der Waals surface area contributed by atoms with Crippen LogP contribution in [0, 0.1) is 0 Å². The molecule has 0 bridgehead atoms. The fourth-order valence-corrected chi connectivity index (χ4v) is 3.79. The number of benzene rings is 1. The third kappa shape index (κ3) is 2.69. The molecule has 108 valence electrons. The quantitative estimate of drug-likeness (QED) is 0.920. The number of rotatable bonds is 3. The van der Waals surface area contributed by atoms with Crippen LogP contribution in [-0.4, -0.2) is 48.2 Å². The molecule has 1 N–H and O–H groups in total. The van der Waals surface area contributed by atoms with Gasteiger partial charge in [0.2, 0.25) is 0 Å². The van der Waals surface area contributed by atoms with Crippen LogP contribution in [0.3, 0.4) is 0 Å². The van der Waals surface area contributed by atoms with Crippen molar-refractivity contribution >= 4 is 27.6 Å². The average Bonchev–Trinajstić information content (AvgIpc) is 3.09. The summed E-state index contributed by atoms with van der Waals surface area (Å²) in [5.41, 5.74) is 1.44. The lowest BCUT2D eigenvalue weighted by Gasteiger charge is -2.24. The van der Waals surface area contributed by atoms with Crippen molar-refractivity contribution in [3.63, 3.8) is 0 Å². The molecule has 0 amide bonds. The number of halogens is 1. The van der Waals surface area contributed by atoms with E-state index in [1.165, 1.54) is 32.4 Å². The molecule has 2 aliphatic heterocycles. The molecule has 2 fully saturated rings. The van der Waals surface area contributed by atoms with Crippen molar-refractivity contribution in [2.75, 3.05) is 31.1 Å². The fraction of sp³-hybridized carbons (Fsp3) is 0.533. The summed E-state index contributed by atoms with van der Waals surface area (Å²) >= 11 is 3.36. The molecule has 3 rings (SSSR count). The van der Waals surface area contributed by atoms with Gasteiger partial charge in [0.25, 0.3) is 0 Å². The van der Waals surface area contributed by atoms with Gasteiger partial charge >= 0.3 is 5.97 Å². The van der Waals surface area contributed by atoms with Gasteiger partial charge in [-0.05, 0) is 66.5 Å². The van der Waals surface area contributed by atoms with E-state index in [1.807, 2.05) is 12.1 Å². The Kier molecular flexibility index (Phi) is 3.98. The highest BCUT2D eigenvalue weighted by molar-refractivity contribution is 9.10. The van der Waals surface area contributed by atoms with E-state index >= 15 is 0 Å². The smallest absolute Gasteiger partial charge is 0.336 e. The standard InChI is InChI=1S/C15H19BrN2O2/c16-14-9-11(3-4-13(14)15(19)20)18-8-5-12(10-18)17-6-1-2-7-17/h3-4,9,12H,1-2,5-8,10H2,(H,19,20). The van der Waals surface area contributed by atoms with Crippen molar-refractivity contribution in [2.24, 2.45) is 0 Å². The Morgan fingerprint density at radius 3 is 2.65 bits per heavy atom. The van der Waals surface area contributed by atoms with Crippen LogP contribution in [0.15, 0.2) is 22.7 Å². The Labute approximate surface area is 127 Å². The molecular formula is C15H19BrN2O2. The zero-order valence-electron chi connectivity index (χ0n) is 11.4. The van der Waals surface area contributed by atoms with E-state index in [4.69, 9.17) is 5.11 Å². The number of anilines is 1. The lowest BCUT2D eigenvalue weighted by molar-refractivity contribution is 0.0696. The van der Waals surface area contributed by atoms with Gasteiger partial charge in [-0.2, -0.15) is 0 Å². The fourth-order valence-electron chi connectivity index (χ4n) is 3.26. The first-order valence-electron chi connectivity index (χ1n) is 7.17. The minimum absolute atomic E-state index is 0.323. The normalized spacial score (nSPS) is 23.4. The van der Waals surface area contributed by atoms with Crippen LogP contribution in [0.4, 0.5) is 5.69 Å². The van der Waals surface area contributed by atoms with Crippen molar-refractivity contribution < 1.29 is 9.90 Å². The maximum atomic E-state index is 11.0. The van der Waals surface area contributed by atoms with Gasteiger partial charge in [-0.25, -0.2) is 4.79 Å². The molecule has 0 spiro atoms. The summed E-state index contributed by atoms with van der Waals surface area (Å²) in [6.45, 7) is 4.58. The molecule has 1 unspecified atom stereocenters. The molecule has 0 aliphatic carbocycles. The first kappa shape index (κ1) is 13.9. The van der Waals surface area contributed by atoms with E-state index in [2.05, 4.69) is 25.7 Å². The van der Waals surface area contributed by atoms with Crippen LogP contribution >= 0.6 is 15.9 Å². The molecule has 1 aromatic carbocycles. The van der Waals surface area contributed by atoms with E-state index in [9.17, 15) is 4.79 Å². The zero-order chi connectivity index (χ0) is 14.1. The van der Waals surface area contributed by atoms with Gasteiger partial charge in [0, 0.05) is 29.3 Å². The molecule has 0 saturated carbocycles. The second kappa shape index (κ2) is 5.74. The SMILES string of the molecule is O=C(O)c1ccc(N2CCC(N3CCCC3)C2)cc1Br. The average molecular weight is 339 g/mol. The number of nitrogens with zero attached hydrogens (tertiary/aromatic N) is 2. The Balaban J connectivity index is 1.71. The van der Waals surface area contributed by atoms with E-state index in [-0.39, 0.29) is 0 Å². The first-order valence-corrected chi connectivity index (χ1v) is 7.96. The monoisotopic (exact) mass is 338 g/mol. The maximum Gasteiger partial charge on any atom is 0.336 e. The Bertz CT molecular complexity index is 515. The number of carboxylic acids is 1. The lowest BCUT2D eigenvalue weighted by atomic mass is 10.2. The van der Waals surface area contributed by atoms with Crippen LogP contribution in [0.25, 0.3) is 0 Å². The number of hydrogen-bond acceptors (Lipinski definition) is 3. The predicted molar refractivity (Wildman–Crippen MR) is 82.5 cm³/mol. The highest BCUT2D eigenvalue weighted by Crippen LogP contribution is 2.29. The highest BCUT2D eigenvalue weighted by Gasteiger charge is 2.29. The molecule has 1 atom stereocenters. The van der Waals surface area contributed by atoms with Crippen molar-refractivity contribution in [2.45, 2.75) is 25.3 Å². The highest BCUT2D eigenvalue weighted by atomic mass is 79.9. The van der Waals surface area contributed by atoms with Crippen LogP contribution < -0.4 is 4.90 Å². The van der Waals surface area contributed by atoms with E-state index in [0.29, 0.717) is 16.1 Å². The molecule has 0 aromatic heterocycles. The van der Waals surface area contributed by atoms with E-state index < -0.39 is 5.97 Å². The Morgan fingerprint density at radius 1 is 1.25 bits per heavy atom. The molecule has 2 heterocycles. The van der Waals surface area contributed by atoms with Crippen LogP contribution in [-0.2, 0) is 0 Å². The van der Waals surface area contributed by atoms with Crippen LogP contribution in [0.1, 0.15) is 29.6 Å². The topological polar surface area (TPSA) is 43.8 Å². The number of aromatic carboxylic acids is 1. The van der Waals surface area contributed by atoms with Gasteiger partial charge in [0.15, 0.2) is 0 Å². The minimum Gasteiger partial charge on any atom is -0.478 e. The molecular weight excluding hydrogens is 320 g/mol. The maximum absolute atomic E-state index is 11.0. The summed E-state index contributed by atoms with van der Waals surface area (Å²) in [6, 6.07) is 6.19. The third-order valence-corrected chi connectivity index (χ3v) is 5.02. The summed E-state index contributed by atoms with van der Waals surface area (Å²) in [5.74, 6) is -0.889. The summed E-state index contributed by atoms with van der Waals surface area (Å²) in [7, 11) is 0. The van der Waals surface area contributed by atoms with Crippen molar-refractivity contribution in [3.8, 4) is 0 Å². The summed E-state index contributed by atoms with van der Waals surface area (Å²) < 4.78 is 0.659. The number of hydrogen-bond donors (Lipinski definition) is 1.